The summed E-state index contributed by atoms with van der Waals surface area (Å²) in [5, 5.41) is 17.5. The van der Waals surface area contributed by atoms with Gasteiger partial charge in [-0.3, -0.25) is 4.79 Å². The molecule has 1 aromatic carbocycles. The van der Waals surface area contributed by atoms with Gasteiger partial charge in [-0.05, 0) is 12.1 Å². The summed E-state index contributed by atoms with van der Waals surface area (Å²) in [6, 6.07) is 8.28. The SMILES string of the molecule is N#Cc1cccc(Cn2ccc(C(=O)O)cc2=O)c1F. The smallest absolute Gasteiger partial charge is 0.335 e. The van der Waals surface area contributed by atoms with Crippen LogP contribution >= 0.6 is 0 Å². The number of rotatable bonds is 3. The van der Waals surface area contributed by atoms with E-state index in [4.69, 9.17) is 10.4 Å². The van der Waals surface area contributed by atoms with Crippen LogP contribution in [0.4, 0.5) is 4.39 Å². The summed E-state index contributed by atoms with van der Waals surface area (Å²) in [5.74, 6) is -1.88. The molecule has 0 bridgehead atoms. The van der Waals surface area contributed by atoms with Gasteiger partial charge in [-0.25, -0.2) is 9.18 Å². The molecule has 0 saturated carbocycles. The minimum atomic E-state index is -1.20. The third-order valence-corrected chi connectivity index (χ3v) is 2.78. The number of pyridine rings is 1. The molecule has 1 aromatic heterocycles. The Hall–Kier alpha value is -2.94. The molecule has 0 unspecified atom stereocenters. The predicted octanol–water partition coefficient (Wildman–Crippen LogP) is 1.61. The maximum absolute atomic E-state index is 13.9. The molecule has 1 heterocycles. The number of nitriles is 1. The monoisotopic (exact) mass is 272 g/mol. The zero-order valence-electron chi connectivity index (χ0n) is 10.2. The number of benzene rings is 1. The highest BCUT2D eigenvalue weighted by molar-refractivity contribution is 5.87. The normalized spacial score (nSPS) is 10.0. The van der Waals surface area contributed by atoms with Crippen LogP contribution in [-0.4, -0.2) is 15.6 Å². The summed E-state index contributed by atoms with van der Waals surface area (Å²) >= 11 is 0. The summed E-state index contributed by atoms with van der Waals surface area (Å²) < 4.78 is 15.0. The average Bonchev–Trinajstić information content (AvgIpc) is 2.43. The van der Waals surface area contributed by atoms with Gasteiger partial charge in [0.25, 0.3) is 5.56 Å². The first-order valence-corrected chi connectivity index (χ1v) is 5.64. The van der Waals surface area contributed by atoms with E-state index in [0.29, 0.717) is 0 Å². The number of hydrogen-bond donors (Lipinski definition) is 1. The van der Waals surface area contributed by atoms with Crippen molar-refractivity contribution in [3.63, 3.8) is 0 Å². The number of aromatic nitrogens is 1. The number of carboxylic acids is 1. The third kappa shape index (κ3) is 2.57. The van der Waals surface area contributed by atoms with Crippen molar-refractivity contribution in [2.75, 3.05) is 0 Å². The standard InChI is InChI=1S/C14H9FN2O3/c15-13-10(7-16)2-1-3-11(13)8-17-5-4-9(14(19)20)6-12(17)18/h1-6H,8H2,(H,19,20). The molecule has 100 valence electrons. The van der Waals surface area contributed by atoms with Crippen LogP contribution in [0.2, 0.25) is 0 Å². The van der Waals surface area contributed by atoms with E-state index < -0.39 is 17.3 Å². The highest BCUT2D eigenvalue weighted by Crippen LogP contribution is 2.13. The van der Waals surface area contributed by atoms with Crippen LogP contribution in [0.25, 0.3) is 0 Å². The summed E-state index contributed by atoms with van der Waals surface area (Å²) in [6.07, 6.45) is 1.28. The highest BCUT2D eigenvalue weighted by atomic mass is 19.1. The second-order valence-electron chi connectivity index (χ2n) is 4.08. The molecule has 20 heavy (non-hydrogen) atoms. The number of aromatic carboxylic acids is 1. The third-order valence-electron chi connectivity index (χ3n) is 2.78. The lowest BCUT2D eigenvalue weighted by Gasteiger charge is -2.07. The van der Waals surface area contributed by atoms with Crippen molar-refractivity contribution in [2.24, 2.45) is 0 Å². The molecule has 0 aliphatic rings. The fourth-order valence-corrected chi connectivity index (χ4v) is 1.74. The molecule has 0 saturated heterocycles. The van der Waals surface area contributed by atoms with Crippen molar-refractivity contribution in [1.29, 1.82) is 5.26 Å². The molecule has 0 atom stereocenters. The van der Waals surface area contributed by atoms with Crippen LogP contribution < -0.4 is 5.56 Å². The molecule has 0 aliphatic heterocycles. The van der Waals surface area contributed by atoms with Gasteiger partial charge in [0.15, 0.2) is 0 Å². The number of halogens is 1. The second-order valence-corrected chi connectivity index (χ2v) is 4.08. The van der Waals surface area contributed by atoms with E-state index >= 15 is 0 Å². The Balaban J connectivity index is 2.39. The Morgan fingerprint density at radius 2 is 2.15 bits per heavy atom. The summed E-state index contributed by atoms with van der Waals surface area (Å²) in [5.41, 5.74) is -0.587. The molecule has 2 rings (SSSR count). The van der Waals surface area contributed by atoms with Gasteiger partial charge in [0.1, 0.15) is 11.9 Å². The minimum absolute atomic E-state index is 0.0694. The fourth-order valence-electron chi connectivity index (χ4n) is 1.74. The van der Waals surface area contributed by atoms with Crippen LogP contribution in [0.3, 0.4) is 0 Å². The maximum Gasteiger partial charge on any atom is 0.335 e. The Labute approximate surface area is 113 Å². The molecular weight excluding hydrogens is 263 g/mol. The topological polar surface area (TPSA) is 83.1 Å². The van der Waals surface area contributed by atoms with E-state index in [1.807, 2.05) is 0 Å². The molecule has 0 aliphatic carbocycles. The Morgan fingerprint density at radius 1 is 1.40 bits per heavy atom. The lowest BCUT2D eigenvalue weighted by Crippen LogP contribution is -2.21. The molecule has 0 fully saturated rings. The van der Waals surface area contributed by atoms with Gasteiger partial charge < -0.3 is 9.67 Å². The van der Waals surface area contributed by atoms with Crippen LogP contribution in [0.1, 0.15) is 21.5 Å². The quantitative estimate of drug-likeness (QED) is 0.920. The zero-order valence-corrected chi connectivity index (χ0v) is 10.2. The number of carboxylic acid groups (broad SMARTS) is 1. The molecule has 0 amide bonds. The molecule has 5 nitrogen and oxygen atoms in total. The van der Waals surface area contributed by atoms with Crippen molar-refractivity contribution in [3.8, 4) is 6.07 Å². The molecule has 1 N–H and O–H groups in total. The molecule has 2 aromatic rings. The number of nitrogens with zero attached hydrogens (tertiary/aromatic N) is 2. The molecule has 6 heteroatoms. The Bertz CT molecular complexity index is 775. The van der Waals surface area contributed by atoms with E-state index in [1.54, 1.807) is 6.07 Å². The van der Waals surface area contributed by atoms with Gasteiger partial charge in [-0.2, -0.15) is 5.26 Å². The van der Waals surface area contributed by atoms with Crippen molar-refractivity contribution >= 4 is 5.97 Å². The summed E-state index contributed by atoms with van der Waals surface area (Å²) in [4.78, 5) is 22.4. The lowest BCUT2D eigenvalue weighted by molar-refractivity contribution is 0.0696. The van der Waals surface area contributed by atoms with Crippen molar-refractivity contribution in [1.82, 2.24) is 4.57 Å². The molecular formula is C14H9FN2O3. The largest absolute Gasteiger partial charge is 0.478 e. The first-order valence-electron chi connectivity index (χ1n) is 5.64. The maximum atomic E-state index is 13.9. The van der Waals surface area contributed by atoms with Gasteiger partial charge in [0.05, 0.1) is 17.7 Å². The number of carbonyl (C=O) groups is 1. The van der Waals surface area contributed by atoms with E-state index in [1.165, 1.54) is 35.0 Å². The first-order chi connectivity index (χ1) is 9.52. The van der Waals surface area contributed by atoms with Crippen molar-refractivity contribution in [3.05, 3.63) is 69.4 Å². The molecule has 0 radical (unpaired) electrons. The average molecular weight is 272 g/mol. The van der Waals surface area contributed by atoms with E-state index in [9.17, 15) is 14.0 Å². The fraction of sp³-hybridized carbons (Fsp3) is 0.0714. The summed E-state index contributed by atoms with van der Waals surface area (Å²) in [6.45, 7) is -0.0694. The predicted molar refractivity (Wildman–Crippen MR) is 67.9 cm³/mol. The van der Waals surface area contributed by atoms with Crippen LogP contribution in [-0.2, 0) is 6.54 Å². The van der Waals surface area contributed by atoms with E-state index in [0.717, 1.165) is 6.07 Å². The van der Waals surface area contributed by atoms with Gasteiger partial charge >= 0.3 is 5.97 Å². The Morgan fingerprint density at radius 3 is 2.75 bits per heavy atom. The summed E-state index contributed by atoms with van der Waals surface area (Å²) in [7, 11) is 0. The van der Waals surface area contributed by atoms with Crippen LogP contribution in [0, 0.1) is 17.1 Å². The van der Waals surface area contributed by atoms with Crippen molar-refractivity contribution in [2.45, 2.75) is 6.54 Å². The Kier molecular flexibility index (Phi) is 3.62. The van der Waals surface area contributed by atoms with Crippen molar-refractivity contribution < 1.29 is 14.3 Å². The van der Waals surface area contributed by atoms with E-state index in [-0.39, 0.29) is 23.2 Å². The highest BCUT2D eigenvalue weighted by Gasteiger charge is 2.10. The van der Waals surface area contributed by atoms with Crippen LogP contribution in [0.5, 0.6) is 0 Å². The van der Waals surface area contributed by atoms with Gasteiger partial charge in [-0.15, -0.1) is 0 Å². The molecule has 0 spiro atoms. The lowest BCUT2D eigenvalue weighted by atomic mass is 10.1. The minimum Gasteiger partial charge on any atom is -0.478 e. The van der Waals surface area contributed by atoms with Gasteiger partial charge in [0.2, 0.25) is 0 Å². The van der Waals surface area contributed by atoms with Gasteiger partial charge in [0, 0.05) is 17.8 Å². The zero-order chi connectivity index (χ0) is 14.7. The van der Waals surface area contributed by atoms with Gasteiger partial charge in [-0.1, -0.05) is 12.1 Å². The second kappa shape index (κ2) is 5.36. The van der Waals surface area contributed by atoms with E-state index in [2.05, 4.69) is 0 Å². The number of hydrogen-bond acceptors (Lipinski definition) is 3. The van der Waals surface area contributed by atoms with Crippen LogP contribution in [0.15, 0.2) is 41.3 Å². The first kappa shape index (κ1) is 13.5.